The number of aliphatic hydroxyl groups excluding tert-OH is 1. The minimum absolute atomic E-state index is 0.00961. The van der Waals surface area contributed by atoms with E-state index in [9.17, 15) is 48.3 Å². The van der Waals surface area contributed by atoms with Gasteiger partial charge in [-0.25, -0.2) is 39.7 Å². The first-order chi connectivity index (χ1) is 48.7. The van der Waals surface area contributed by atoms with Crippen molar-refractivity contribution in [3.05, 3.63) is 111 Å². The molecule has 28 nitrogen and oxygen atoms in total. The number of thiazole rings is 6. The number of hydrogen-bond donors (Lipinski definition) is 6. The summed E-state index contributed by atoms with van der Waals surface area (Å²) in [7, 11) is 6.83. The molecule has 1 aromatic carbocycles. The van der Waals surface area contributed by atoms with E-state index in [0.29, 0.717) is 114 Å². The van der Waals surface area contributed by atoms with Gasteiger partial charge in [0.15, 0.2) is 0 Å². The van der Waals surface area contributed by atoms with Crippen molar-refractivity contribution in [1.82, 2.24) is 61.5 Å². The molecule has 0 saturated heterocycles. The lowest BCUT2D eigenvalue weighted by molar-refractivity contribution is -0.148. The molecule has 2 aliphatic rings. The molecule has 1 fully saturated rings. The Balaban J connectivity index is 1.02. The van der Waals surface area contributed by atoms with E-state index in [0.717, 1.165) is 34.0 Å². The highest BCUT2D eigenvalue weighted by atomic mass is 32.1. The van der Waals surface area contributed by atoms with Crippen LogP contribution < -0.4 is 31.5 Å². The fraction of sp³-hybridized carbons (Fsp3) is 0.433. The second-order valence-corrected chi connectivity index (χ2v) is 29.8. The maximum Gasteiger partial charge on any atom is 0.415 e. The molecule has 34 heteroatoms. The van der Waals surface area contributed by atoms with Crippen LogP contribution in [0.5, 0.6) is 0 Å². The summed E-state index contributed by atoms with van der Waals surface area (Å²) in [5, 5.41) is 35.1. The van der Waals surface area contributed by atoms with Crippen molar-refractivity contribution in [3.8, 4) is 43.4 Å². The predicted molar refractivity (Wildman–Crippen MR) is 379 cm³/mol. The lowest BCUT2D eigenvalue weighted by Crippen LogP contribution is -2.40. The number of nitrogens with one attached hydrogen (secondary N) is 5. The topological polar surface area (TPSA) is 374 Å². The summed E-state index contributed by atoms with van der Waals surface area (Å²) in [5.41, 5.74) is 2.37. The predicted octanol–water partition coefficient (Wildman–Crippen LogP) is 9.90. The highest BCUT2D eigenvalue weighted by Gasteiger charge is 2.35. The molecule has 7 aromatic heterocycles. The molecule has 1 aliphatic heterocycles. The lowest BCUT2D eigenvalue weighted by Gasteiger charge is -2.29. The summed E-state index contributed by atoms with van der Waals surface area (Å²) in [4.78, 5) is 159. The van der Waals surface area contributed by atoms with Crippen molar-refractivity contribution in [2.24, 2.45) is 17.8 Å². The van der Waals surface area contributed by atoms with Gasteiger partial charge in [0.05, 0.1) is 75.4 Å². The number of hydrogen-bond acceptors (Lipinski definition) is 28. The van der Waals surface area contributed by atoms with Crippen molar-refractivity contribution in [3.63, 3.8) is 0 Å². The number of unbranched alkanes of at least 4 members (excludes halogenated alkanes) is 1. The van der Waals surface area contributed by atoms with Gasteiger partial charge < -0.3 is 55.4 Å². The van der Waals surface area contributed by atoms with Gasteiger partial charge in [-0.1, -0.05) is 50.6 Å². The number of carbonyl (C=O) groups excluding carboxylic acids is 9. The monoisotopic (exact) mass is 1490 g/mol. The maximum absolute atomic E-state index is 14.5. The molecule has 6 amide bonds. The average Bonchev–Trinajstić information content (AvgIpc) is 1.69. The fourth-order valence-corrected chi connectivity index (χ4v) is 16.9. The molecule has 10 rings (SSSR count). The summed E-state index contributed by atoms with van der Waals surface area (Å²) < 4.78 is 26.4. The SMILES string of the molecule is CNC(=O)C[C@@H]1NC(=O)c2csc(n2)-c2ccc(-c3nc(N(CCCCC(CCC(=O)OC)C(=O)OC)C(=O)O[C@H]4CC[C@H](C(=O)OC)CC4)cs3)nc2-c2csc(n2)-c2csc(n2)[C@H]([C@@H](O)c2ccccc2)NC(=O)CNC(=O)c2nc(sc2COC)[C@H](C(C)C)NC(=O)c2nc1sc2C. The first kappa shape index (κ1) is 74.8. The molecular formula is C67H75N13O15S6. The number of pyridine rings is 1. The fourth-order valence-electron chi connectivity index (χ4n) is 11.4. The van der Waals surface area contributed by atoms with Gasteiger partial charge in [-0.2, -0.15) is 0 Å². The Kier molecular flexibility index (Phi) is 25.7. The van der Waals surface area contributed by atoms with E-state index in [2.05, 4.69) is 26.6 Å². The van der Waals surface area contributed by atoms with Crippen LogP contribution in [0.25, 0.3) is 43.4 Å². The summed E-state index contributed by atoms with van der Waals surface area (Å²) >= 11 is 7.05. The third-order valence-electron chi connectivity index (χ3n) is 16.9. The molecule has 1 saturated carbocycles. The minimum Gasteiger partial charge on any atom is -0.469 e. The van der Waals surface area contributed by atoms with Crippen molar-refractivity contribution in [2.45, 2.75) is 122 Å². The van der Waals surface area contributed by atoms with Gasteiger partial charge in [0.1, 0.15) is 88.3 Å². The number of aliphatic hydroxyl groups is 1. The van der Waals surface area contributed by atoms with Crippen LogP contribution in [0, 0.1) is 24.7 Å². The lowest BCUT2D eigenvalue weighted by atomic mass is 9.87. The summed E-state index contributed by atoms with van der Waals surface area (Å²) in [6.45, 7) is 5.01. The molecule has 8 aromatic rings. The van der Waals surface area contributed by atoms with Crippen LogP contribution >= 0.6 is 68.0 Å². The number of nitrogens with zero attached hydrogens (tertiary/aromatic N) is 8. The van der Waals surface area contributed by atoms with Crippen LogP contribution in [0.3, 0.4) is 0 Å². The summed E-state index contributed by atoms with van der Waals surface area (Å²) in [5.74, 6) is -5.16. The van der Waals surface area contributed by atoms with Gasteiger partial charge >= 0.3 is 24.0 Å². The second-order valence-electron chi connectivity index (χ2n) is 24.0. The Morgan fingerprint density at radius 2 is 1.38 bits per heavy atom. The maximum atomic E-state index is 14.5. The van der Waals surface area contributed by atoms with Gasteiger partial charge in [-0.15, -0.1) is 68.0 Å². The Hall–Kier alpha value is -8.90. The zero-order valence-electron chi connectivity index (χ0n) is 56.4. The van der Waals surface area contributed by atoms with Gasteiger partial charge in [0.25, 0.3) is 17.7 Å². The number of methoxy groups -OCH3 is 4. The van der Waals surface area contributed by atoms with Crippen molar-refractivity contribution in [1.29, 1.82) is 0 Å². The number of amides is 6. The zero-order valence-corrected chi connectivity index (χ0v) is 61.3. The molecule has 5 atom stereocenters. The first-order valence-corrected chi connectivity index (χ1v) is 37.5. The molecule has 0 radical (unpaired) electrons. The van der Waals surface area contributed by atoms with E-state index in [1.807, 2.05) is 13.8 Å². The van der Waals surface area contributed by atoms with Crippen LogP contribution in [0.4, 0.5) is 10.6 Å². The minimum atomic E-state index is -1.32. The smallest absolute Gasteiger partial charge is 0.415 e. The van der Waals surface area contributed by atoms with E-state index in [1.54, 1.807) is 70.9 Å². The van der Waals surface area contributed by atoms with Crippen LogP contribution in [-0.4, -0.2) is 148 Å². The summed E-state index contributed by atoms with van der Waals surface area (Å²) in [6, 6.07) is 9.31. The summed E-state index contributed by atoms with van der Waals surface area (Å²) in [6.07, 6.45) is 0.536. The standard InChI is InChI=1S/C67H75N13O15S6/c1-33(2)50-64-79-53(45(101-64)28-91-5)57(86)69-27-48(82)76-54(55(84)35-14-10-9-11-15-35)63-74-44(31-98-63)61-72-42(29-97-61)52-39(59-73-43(30-96-59)56(85)71-41(26-47(81)68-4)62-78-51(34(3)100-62)58(87)77-50)22-23-40(70-52)60-75-46(32-99-60)80(67(90)95-38-20-17-37(18-21-38)66(89)94-8)25-13-12-16-36(65(88)93-7)19-24-49(83)92-6/h9-11,14-15,22-23,29-33,36-38,41,50,54-55,84H,12-13,16-21,24-28H2,1-8H3,(H,68,81)(H,69,86)(H,71,85)(H,76,82)(H,77,87)/t36?,37-,38-,41-,50-,54-,55-/m0/s1. The van der Waals surface area contributed by atoms with Gasteiger partial charge in [-0.3, -0.25) is 43.3 Å². The highest BCUT2D eigenvalue weighted by molar-refractivity contribution is 7.15. The third-order valence-corrected chi connectivity index (χ3v) is 22.6. The Labute approximate surface area is 604 Å². The number of anilines is 1. The van der Waals surface area contributed by atoms with Gasteiger partial charge in [0.2, 0.25) is 11.8 Å². The molecule has 10 bridgehead atoms. The molecule has 534 valence electrons. The molecule has 101 heavy (non-hydrogen) atoms. The normalized spacial score (nSPS) is 18.0. The average molecular weight is 1490 g/mol. The van der Waals surface area contributed by atoms with E-state index < -0.39 is 90.4 Å². The largest absolute Gasteiger partial charge is 0.469 e. The van der Waals surface area contributed by atoms with Gasteiger partial charge in [0, 0.05) is 59.1 Å². The van der Waals surface area contributed by atoms with E-state index >= 15 is 0 Å². The zero-order chi connectivity index (χ0) is 72.0. The van der Waals surface area contributed by atoms with Crippen LogP contribution in [-0.2, 0) is 54.3 Å². The highest BCUT2D eigenvalue weighted by Crippen LogP contribution is 2.41. The number of aryl methyl sites for hydroxylation is 1. The molecule has 1 unspecified atom stereocenters. The Bertz CT molecular complexity index is 4290. The quantitative estimate of drug-likeness (QED) is 0.0235. The van der Waals surface area contributed by atoms with E-state index in [4.69, 9.17) is 58.6 Å². The number of benzene rings is 1. The molecule has 0 spiro atoms. The van der Waals surface area contributed by atoms with Crippen LogP contribution in [0.15, 0.2) is 64.0 Å². The number of esters is 3. The van der Waals surface area contributed by atoms with E-state index in [-0.39, 0.29) is 78.1 Å². The van der Waals surface area contributed by atoms with Crippen molar-refractivity contribution in [2.75, 3.05) is 53.5 Å². The van der Waals surface area contributed by atoms with Crippen molar-refractivity contribution >= 4 is 127 Å². The van der Waals surface area contributed by atoms with E-state index in [1.165, 1.54) is 74.4 Å². The Morgan fingerprint density at radius 1 is 0.663 bits per heavy atom. The number of ether oxygens (including phenoxy) is 5. The molecule has 6 N–H and O–H groups in total. The number of carbonyl (C=O) groups is 9. The number of fused-ring (bicyclic) bond motifs is 14. The number of rotatable bonds is 20. The van der Waals surface area contributed by atoms with Crippen molar-refractivity contribution < 1.29 is 71.9 Å². The van der Waals surface area contributed by atoms with Crippen LogP contribution in [0.2, 0.25) is 0 Å². The number of aromatic nitrogens is 7. The van der Waals surface area contributed by atoms with Crippen LogP contribution in [0.1, 0.15) is 164 Å². The third kappa shape index (κ3) is 18.4. The molecule has 1 aliphatic carbocycles. The second kappa shape index (κ2) is 34.6. The first-order valence-electron chi connectivity index (χ1n) is 32.3. The Morgan fingerprint density at radius 3 is 2.10 bits per heavy atom. The van der Waals surface area contributed by atoms with Gasteiger partial charge in [-0.05, 0) is 75.5 Å². The molecular weight excluding hydrogens is 1420 g/mol. The molecule has 8 heterocycles.